The summed E-state index contributed by atoms with van der Waals surface area (Å²) in [5.74, 6) is -1.33. The average molecular weight is 205 g/mol. The molecule has 0 bridgehead atoms. The monoisotopic (exact) mass is 205 g/mol. The van der Waals surface area contributed by atoms with Gasteiger partial charge in [-0.25, -0.2) is 4.79 Å². The van der Waals surface area contributed by atoms with Crippen LogP contribution in [0.15, 0.2) is 42.6 Å². The second kappa shape index (κ2) is 5.59. The summed E-state index contributed by atoms with van der Waals surface area (Å²) >= 11 is 0. The summed E-state index contributed by atoms with van der Waals surface area (Å²) in [6.45, 7) is 0. The second-order valence-electron chi connectivity index (χ2n) is 2.90. The van der Waals surface area contributed by atoms with E-state index in [1.807, 2.05) is 30.3 Å². The van der Waals surface area contributed by atoms with E-state index in [9.17, 15) is 9.59 Å². The van der Waals surface area contributed by atoms with Gasteiger partial charge in [0.05, 0.1) is 6.42 Å². The van der Waals surface area contributed by atoms with Crippen LogP contribution in [-0.2, 0) is 16.0 Å². The number of rotatable bonds is 4. The number of carbonyl (C=O) groups excluding carboxylic acids is 1. The lowest BCUT2D eigenvalue weighted by Crippen LogP contribution is -2.19. The van der Waals surface area contributed by atoms with Crippen molar-refractivity contribution in [2.75, 3.05) is 0 Å². The Morgan fingerprint density at radius 2 is 1.93 bits per heavy atom. The van der Waals surface area contributed by atoms with E-state index in [4.69, 9.17) is 5.11 Å². The maximum Gasteiger partial charge on any atom is 0.329 e. The third-order valence-electron chi connectivity index (χ3n) is 1.68. The molecule has 0 aliphatic carbocycles. The Kier molecular flexibility index (Phi) is 4.09. The zero-order valence-corrected chi connectivity index (χ0v) is 8.01. The summed E-state index contributed by atoms with van der Waals surface area (Å²) in [7, 11) is 0. The molecule has 4 heteroatoms. The fourth-order valence-corrected chi connectivity index (χ4v) is 1.04. The number of hydrogen-bond donors (Lipinski definition) is 2. The highest BCUT2D eigenvalue weighted by Gasteiger charge is 1.99. The van der Waals surface area contributed by atoms with Crippen molar-refractivity contribution in [1.82, 2.24) is 5.32 Å². The van der Waals surface area contributed by atoms with E-state index < -0.39 is 5.97 Å². The average Bonchev–Trinajstić information content (AvgIpc) is 2.18. The molecule has 0 fully saturated rings. The highest BCUT2D eigenvalue weighted by Crippen LogP contribution is 1.98. The van der Waals surface area contributed by atoms with Gasteiger partial charge in [0.25, 0.3) is 0 Å². The first-order valence-electron chi connectivity index (χ1n) is 4.41. The molecule has 1 aromatic rings. The molecule has 0 saturated heterocycles. The minimum absolute atomic E-state index is 0.237. The number of nitrogens with one attached hydrogen (secondary N) is 1. The van der Waals surface area contributed by atoms with E-state index in [1.165, 1.54) is 0 Å². The normalized spacial score (nSPS) is 10.1. The van der Waals surface area contributed by atoms with Gasteiger partial charge in [-0.05, 0) is 5.56 Å². The Balaban J connectivity index is 2.40. The van der Waals surface area contributed by atoms with Gasteiger partial charge in [0.2, 0.25) is 5.91 Å². The van der Waals surface area contributed by atoms with Gasteiger partial charge >= 0.3 is 5.97 Å². The maximum atomic E-state index is 11.2. The van der Waals surface area contributed by atoms with Gasteiger partial charge in [0.15, 0.2) is 0 Å². The number of benzene rings is 1. The van der Waals surface area contributed by atoms with Gasteiger partial charge in [-0.2, -0.15) is 0 Å². The molecule has 0 saturated carbocycles. The number of carboxylic acids is 1. The van der Waals surface area contributed by atoms with Crippen LogP contribution in [0.5, 0.6) is 0 Å². The fourth-order valence-electron chi connectivity index (χ4n) is 1.04. The fraction of sp³-hybridized carbons (Fsp3) is 0.0909. The summed E-state index contributed by atoms with van der Waals surface area (Å²) in [6.07, 6.45) is 2.24. The largest absolute Gasteiger partial charge is 0.478 e. The molecule has 15 heavy (non-hydrogen) atoms. The molecule has 0 aliphatic heterocycles. The van der Waals surface area contributed by atoms with E-state index in [2.05, 4.69) is 5.32 Å². The van der Waals surface area contributed by atoms with Crippen LogP contribution < -0.4 is 5.32 Å². The minimum atomic E-state index is -1.09. The summed E-state index contributed by atoms with van der Waals surface area (Å²) in [5, 5.41) is 10.6. The molecule has 0 spiro atoms. The molecule has 0 aromatic heterocycles. The predicted octanol–water partition coefficient (Wildman–Crippen LogP) is 0.944. The van der Waals surface area contributed by atoms with Crippen molar-refractivity contribution in [3.63, 3.8) is 0 Å². The molecular formula is C11H11NO3. The molecule has 0 heterocycles. The third-order valence-corrected chi connectivity index (χ3v) is 1.68. The van der Waals surface area contributed by atoms with Crippen molar-refractivity contribution in [3.05, 3.63) is 48.2 Å². The standard InChI is InChI=1S/C11H11NO3/c13-10(12-7-6-11(14)15)8-9-4-2-1-3-5-9/h1-7H,8H2,(H,12,13)(H,14,15). The van der Waals surface area contributed by atoms with Crippen LogP contribution in [0.4, 0.5) is 0 Å². The minimum Gasteiger partial charge on any atom is -0.478 e. The molecule has 4 nitrogen and oxygen atoms in total. The Bertz CT molecular complexity index is 371. The maximum absolute atomic E-state index is 11.2. The quantitative estimate of drug-likeness (QED) is 0.719. The molecule has 2 N–H and O–H groups in total. The van der Waals surface area contributed by atoms with Crippen molar-refractivity contribution < 1.29 is 14.7 Å². The van der Waals surface area contributed by atoms with Crippen LogP contribution in [0.2, 0.25) is 0 Å². The van der Waals surface area contributed by atoms with Crippen molar-refractivity contribution in [2.45, 2.75) is 6.42 Å². The lowest BCUT2D eigenvalue weighted by Gasteiger charge is -1.99. The van der Waals surface area contributed by atoms with Crippen molar-refractivity contribution in [1.29, 1.82) is 0 Å². The molecule has 0 unspecified atom stereocenters. The molecule has 0 atom stereocenters. The molecule has 0 radical (unpaired) electrons. The number of aliphatic carboxylic acids is 1. The van der Waals surface area contributed by atoms with Crippen LogP contribution in [0.1, 0.15) is 5.56 Å². The van der Waals surface area contributed by atoms with E-state index in [1.54, 1.807) is 0 Å². The van der Waals surface area contributed by atoms with Gasteiger partial charge in [-0.1, -0.05) is 30.3 Å². The molecular weight excluding hydrogens is 194 g/mol. The highest BCUT2D eigenvalue weighted by molar-refractivity contribution is 5.83. The van der Waals surface area contributed by atoms with Gasteiger partial charge < -0.3 is 10.4 Å². The summed E-state index contributed by atoms with van der Waals surface area (Å²) in [5.41, 5.74) is 0.888. The van der Waals surface area contributed by atoms with Crippen molar-refractivity contribution in [2.24, 2.45) is 0 Å². The van der Waals surface area contributed by atoms with Gasteiger partial charge in [-0.15, -0.1) is 0 Å². The molecule has 1 aromatic carbocycles. The predicted molar refractivity (Wildman–Crippen MR) is 55.1 cm³/mol. The van der Waals surface area contributed by atoms with Crippen molar-refractivity contribution in [3.8, 4) is 0 Å². The smallest absolute Gasteiger partial charge is 0.329 e. The number of hydrogen-bond acceptors (Lipinski definition) is 2. The first-order valence-corrected chi connectivity index (χ1v) is 4.41. The van der Waals surface area contributed by atoms with E-state index in [-0.39, 0.29) is 12.3 Å². The van der Waals surface area contributed by atoms with Crippen LogP contribution in [0, 0.1) is 0 Å². The van der Waals surface area contributed by atoms with Crippen LogP contribution in [-0.4, -0.2) is 17.0 Å². The Hall–Kier alpha value is -2.10. The second-order valence-corrected chi connectivity index (χ2v) is 2.90. The lowest BCUT2D eigenvalue weighted by molar-refractivity contribution is -0.131. The molecule has 1 amide bonds. The van der Waals surface area contributed by atoms with E-state index in [0.717, 1.165) is 17.8 Å². The van der Waals surface area contributed by atoms with Crippen LogP contribution in [0.3, 0.4) is 0 Å². The SMILES string of the molecule is O=C(O)C=CNC(=O)Cc1ccccc1. The Morgan fingerprint density at radius 3 is 2.53 bits per heavy atom. The summed E-state index contributed by atoms with van der Waals surface area (Å²) in [4.78, 5) is 21.3. The lowest BCUT2D eigenvalue weighted by atomic mass is 10.1. The zero-order valence-electron chi connectivity index (χ0n) is 8.01. The molecule has 78 valence electrons. The zero-order chi connectivity index (χ0) is 11.1. The third kappa shape index (κ3) is 4.61. The Morgan fingerprint density at radius 1 is 1.27 bits per heavy atom. The Labute approximate surface area is 87.2 Å². The number of amides is 1. The van der Waals surface area contributed by atoms with Gasteiger partial charge in [0, 0.05) is 12.3 Å². The number of carboxylic acid groups (broad SMARTS) is 1. The van der Waals surface area contributed by atoms with Gasteiger partial charge in [-0.3, -0.25) is 4.79 Å². The first kappa shape index (κ1) is 11.0. The van der Waals surface area contributed by atoms with E-state index >= 15 is 0 Å². The summed E-state index contributed by atoms with van der Waals surface area (Å²) in [6, 6.07) is 9.22. The molecule has 0 aliphatic rings. The van der Waals surface area contributed by atoms with Crippen LogP contribution >= 0.6 is 0 Å². The summed E-state index contributed by atoms with van der Waals surface area (Å²) < 4.78 is 0. The molecule has 1 rings (SSSR count). The highest BCUT2D eigenvalue weighted by atomic mass is 16.4. The van der Waals surface area contributed by atoms with E-state index in [0.29, 0.717) is 0 Å². The van der Waals surface area contributed by atoms with Gasteiger partial charge in [0.1, 0.15) is 0 Å². The topological polar surface area (TPSA) is 66.4 Å². The van der Waals surface area contributed by atoms with Crippen LogP contribution in [0.25, 0.3) is 0 Å². The van der Waals surface area contributed by atoms with Crippen molar-refractivity contribution >= 4 is 11.9 Å². The first-order chi connectivity index (χ1) is 7.18. The number of carbonyl (C=O) groups is 2.